The molecule has 5 N–H and O–H groups in total. The van der Waals surface area contributed by atoms with Gasteiger partial charge in [-0.2, -0.15) is 0 Å². The van der Waals surface area contributed by atoms with Crippen molar-refractivity contribution in [3.63, 3.8) is 0 Å². The molecule has 6 rings (SSSR count). The summed E-state index contributed by atoms with van der Waals surface area (Å²) in [5.41, 5.74) is 5.22. The molecule has 4 heterocycles. The molecule has 1 amide bonds. The number of hydrogen-bond acceptors (Lipinski definition) is 10. The second-order valence-corrected chi connectivity index (χ2v) is 9.42. The van der Waals surface area contributed by atoms with Gasteiger partial charge in [-0.1, -0.05) is 37.3 Å². The average Bonchev–Trinajstić information content (AvgIpc) is 3.52. The zero-order valence-corrected chi connectivity index (χ0v) is 22.4. The highest BCUT2D eigenvalue weighted by Gasteiger charge is 2.23. The van der Waals surface area contributed by atoms with E-state index in [1.807, 2.05) is 55.5 Å². The smallest absolute Gasteiger partial charge is 0.293 e. The third-order valence-corrected chi connectivity index (χ3v) is 6.83. The Morgan fingerprint density at radius 1 is 1.02 bits per heavy atom. The van der Waals surface area contributed by atoms with Crippen LogP contribution in [-0.4, -0.2) is 45.6 Å². The second kappa shape index (κ2) is 11.4. The Hall–Kier alpha value is -5.69. The van der Waals surface area contributed by atoms with Gasteiger partial charge in [-0.3, -0.25) is 24.3 Å². The molecule has 2 aromatic carbocycles. The number of hydrogen-bond donors (Lipinski definition) is 5. The lowest BCUT2D eigenvalue weighted by atomic mass is 10.1. The SMILES string of the molecule is CC[C@H](Nc1ncnc2nc[nH]c12)c1nc2cccc(NCc3ccc(C(=O)NO)nc3)c2c(=O)n1-c1ccccc1. The largest absolute Gasteiger partial charge is 0.380 e. The number of rotatable bonds is 9. The Morgan fingerprint density at radius 2 is 1.88 bits per heavy atom. The maximum Gasteiger partial charge on any atom is 0.293 e. The molecule has 0 aliphatic carbocycles. The topological polar surface area (TPSA) is 176 Å². The third-order valence-electron chi connectivity index (χ3n) is 6.83. The number of fused-ring (bicyclic) bond motifs is 2. The van der Waals surface area contributed by atoms with Crippen molar-refractivity contribution in [3.8, 4) is 5.69 Å². The maximum absolute atomic E-state index is 14.3. The van der Waals surface area contributed by atoms with E-state index in [9.17, 15) is 9.59 Å². The Bertz CT molecular complexity index is 1940. The number of carbonyl (C=O) groups excluding carboxylic acids is 1. The lowest BCUT2D eigenvalue weighted by Gasteiger charge is -2.23. The highest BCUT2D eigenvalue weighted by atomic mass is 16.5. The van der Waals surface area contributed by atoms with E-state index in [0.29, 0.717) is 58.0 Å². The maximum atomic E-state index is 14.3. The summed E-state index contributed by atoms with van der Waals surface area (Å²) in [6.07, 6.45) is 5.14. The fraction of sp³-hybridized carbons (Fsp3) is 0.138. The lowest BCUT2D eigenvalue weighted by Crippen LogP contribution is -2.28. The van der Waals surface area contributed by atoms with Crippen molar-refractivity contribution in [2.24, 2.45) is 0 Å². The molecular weight excluding hydrogens is 536 g/mol. The van der Waals surface area contributed by atoms with Crippen LogP contribution in [-0.2, 0) is 6.54 Å². The highest BCUT2D eigenvalue weighted by Crippen LogP contribution is 2.28. The standard InChI is InChI=1S/C29H26N10O3/c1-2-19(36-26-24-25(33-15-32-24)34-16-35-26)27-37-21-10-6-9-20(23(21)29(41)39(27)18-7-4-3-5-8-18)30-13-17-11-12-22(31-14-17)28(40)38-42/h3-12,14-16,19,30,42H,2,13H2,1H3,(H,38,40)(H2,32,33,34,35,36)/t19-/m0/s1. The molecule has 0 saturated carbocycles. The first-order valence-electron chi connectivity index (χ1n) is 13.2. The van der Waals surface area contributed by atoms with Crippen molar-refractivity contribution < 1.29 is 10.0 Å². The molecule has 4 aromatic heterocycles. The predicted octanol–water partition coefficient (Wildman–Crippen LogP) is 3.74. The molecule has 13 nitrogen and oxygen atoms in total. The van der Waals surface area contributed by atoms with Gasteiger partial charge in [0.25, 0.3) is 11.5 Å². The molecule has 1 atom stereocenters. The van der Waals surface area contributed by atoms with Gasteiger partial charge in [-0.25, -0.2) is 25.4 Å². The Morgan fingerprint density at radius 3 is 2.64 bits per heavy atom. The number of para-hydroxylation sites is 1. The minimum atomic E-state index is -0.694. The normalized spacial score (nSPS) is 11.9. The molecule has 210 valence electrons. The highest BCUT2D eigenvalue weighted by molar-refractivity contribution is 5.92. The van der Waals surface area contributed by atoms with E-state index in [4.69, 9.17) is 10.2 Å². The van der Waals surface area contributed by atoms with Crippen LogP contribution in [0.3, 0.4) is 0 Å². The number of H-pyrrole nitrogens is 1. The van der Waals surface area contributed by atoms with E-state index in [-0.39, 0.29) is 17.3 Å². The van der Waals surface area contributed by atoms with E-state index in [2.05, 4.69) is 35.6 Å². The molecule has 0 bridgehead atoms. The number of hydroxylamine groups is 1. The van der Waals surface area contributed by atoms with Crippen LogP contribution in [0.1, 0.15) is 41.3 Å². The minimum Gasteiger partial charge on any atom is -0.380 e. The van der Waals surface area contributed by atoms with E-state index in [0.717, 1.165) is 5.56 Å². The molecule has 42 heavy (non-hydrogen) atoms. The first-order chi connectivity index (χ1) is 20.6. The number of imidazole rings is 1. The number of anilines is 2. The minimum absolute atomic E-state index is 0.0863. The fourth-order valence-electron chi connectivity index (χ4n) is 4.76. The van der Waals surface area contributed by atoms with E-state index in [1.165, 1.54) is 18.6 Å². The van der Waals surface area contributed by atoms with Crippen LogP contribution < -0.4 is 21.7 Å². The molecule has 0 fully saturated rings. The van der Waals surface area contributed by atoms with Crippen LogP contribution >= 0.6 is 0 Å². The van der Waals surface area contributed by atoms with Crippen LogP contribution in [0.4, 0.5) is 11.5 Å². The van der Waals surface area contributed by atoms with Gasteiger partial charge < -0.3 is 15.6 Å². The van der Waals surface area contributed by atoms with Gasteiger partial charge in [-0.15, -0.1) is 0 Å². The first kappa shape index (κ1) is 26.5. The van der Waals surface area contributed by atoms with Gasteiger partial charge in [0.2, 0.25) is 0 Å². The van der Waals surface area contributed by atoms with E-state index in [1.54, 1.807) is 22.4 Å². The Labute approximate surface area is 238 Å². The van der Waals surface area contributed by atoms with Gasteiger partial charge in [0.15, 0.2) is 11.5 Å². The number of aromatic nitrogens is 7. The Balaban J connectivity index is 1.42. The van der Waals surface area contributed by atoms with Crippen LogP contribution in [0.5, 0.6) is 0 Å². The zero-order chi connectivity index (χ0) is 29.1. The molecule has 13 heteroatoms. The molecule has 0 aliphatic rings. The summed E-state index contributed by atoms with van der Waals surface area (Å²) in [5.74, 6) is 0.400. The van der Waals surface area contributed by atoms with E-state index < -0.39 is 5.91 Å². The van der Waals surface area contributed by atoms with Gasteiger partial charge >= 0.3 is 0 Å². The van der Waals surface area contributed by atoms with Crippen LogP contribution in [0, 0.1) is 0 Å². The monoisotopic (exact) mass is 562 g/mol. The quantitative estimate of drug-likeness (QED) is 0.129. The van der Waals surface area contributed by atoms with Gasteiger partial charge in [-0.05, 0) is 42.3 Å². The number of amides is 1. The number of pyridine rings is 1. The predicted molar refractivity (Wildman–Crippen MR) is 156 cm³/mol. The number of nitrogens with one attached hydrogen (secondary N) is 4. The number of carbonyl (C=O) groups is 1. The number of nitrogens with zero attached hydrogens (tertiary/aromatic N) is 6. The summed E-state index contributed by atoms with van der Waals surface area (Å²) in [4.78, 5) is 50.9. The summed E-state index contributed by atoms with van der Waals surface area (Å²) in [5, 5.41) is 16.0. The van der Waals surface area contributed by atoms with Crippen LogP contribution in [0.2, 0.25) is 0 Å². The van der Waals surface area contributed by atoms with Crippen molar-refractivity contribution in [1.82, 2.24) is 40.0 Å². The first-order valence-corrected chi connectivity index (χ1v) is 13.2. The summed E-state index contributed by atoms with van der Waals surface area (Å²) in [7, 11) is 0. The van der Waals surface area contributed by atoms with Gasteiger partial charge in [0.05, 0.1) is 29.0 Å². The molecule has 0 saturated heterocycles. The Kier molecular flexibility index (Phi) is 7.22. The molecule has 0 spiro atoms. The van der Waals surface area contributed by atoms with Gasteiger partial charge in [0.1, 0.15) is 23.4 Å². The van der Waals surface area contributed by atoms with Crippen molar-refractivity contribution in [3.05, 3.63) is 107 Å². The molecular formula is C29H26N10O3. The third kappa shape index (κ3) is 4.99. The lowest BCUT2D eigenvalue weighted by molar-refractivity contribution is 0.0700. The van der Waals surface area contributed by atoms with E-state index >= 15 is 0 Å². The van der Waals surface area contributed by atoms with Crippen molar-refractivity contribution in [1.29, 1.82) is 0 Å². The molecule has 0 unspecified atom stereocenters. The fourth-order valence-corrected chi connectivity index (χ4v) is 4.76. The summed E-state index contributed by atoms with van der Waals surface area (Å²) in [6, 6.07) is 17.7. The van der Waals surface area contributed by atoms with Crippen LogP contribution in [0.25, 0.3) is 27.8 Å². The van der Waals surface area contributed by atoms with Crippen molar-refractivity contribution >= 4 is 39.5 Å². The molecule has 0 radical (unpaired) electrons. The molecule has 6 aromatic rings. The van der Waals surface area contributed by atoms with Gasteiger partial charge in [0, 0.05) is 18.4 Å². The number of aromatic amines is 1. The second-order valence-electron chi connectivity index (χ2n) is 9.42. The molecule has 0 aliphatic heterocycles. The average molecular weight is 563 g/mol. The van der Waals surface area contributed by atoms with Crippen molar-refractivity contribution in [2.75, 3.05) is 10.6 Å². The summed E-state index contributed by atoms with van der Waals surface area (Å²) >= 11 is 0. The summed E-state index contributed by atoms with van der Waals surface area (Å²) < 4.78 is 1.63. The number of benzene rings is 2. The van der Waals surface area contributed by atoms with Crippen molar-refractivity contribution in [2.45, 2.75) is 25.9 Å². The zero-order valence-electron chi connectivity index (χ0n) is 22.4. The van der Waals surface area contributed by atoms with Crippen LogP contribution in [0.15, 0.2) is 84.3 Å². The summed E-state index contributed by atoms with van der Waals surface area (Å²) in [6.45, 7) is 2.35.